The molecule has 2 saturated heterocycles. The number of rotatable bonds is 5. The Balaban J connectivity index is 1.22. The van der Waals surface area contributed by atoms with Gasteiger partial charge >= 0.3 is 0 Å². The van der Waals surface area contributed by atoms with Gasteiger partial charge in [0.1, 0.15) is 12.0 Å². The molecule has 2 aliphatic rings. The van der Waals surface area contributed by atoms with Gasteiger partial charge in [0.2, 0.25) is 0 Å². The Labute approximate surface area is 209 Å². The number of nitrogens with zero attached hydrogens (tertiary/aromatic N) is 6. The molecule has 0 saturated carbocycles. The van der Waals surface area contributed by atoms with Crippen molar-refractivity contribution in [3.05, 3.63) is 54.7 Å². The number of hydrogen-bond donors (Lipinski definition) is 3. The number of aromatic nitrogens is 5. The van der Waals surface area contributed by atoms with Crippen LogP contribution in [-0.2, 0) is 0 Å². The smallest absolute Gasteiger partial charge is 0.255 e. The second-order valence-electron chi connectivity index (χ2n) is 9.63. The molecule has 3 N–H and O–H groups in total. The minimum absolute atomic E-state index is 0.166. The standard InChI is InChI=1S/C26H31N9O/c1-33-10-12-34(13-11-33)20-4-2-18(3-5-20)26(36)32-22-15-28-25-23(22)24(29-17-30-25)19-14-31-35(16-19)21-6-8-27-9-7-21/h2-5,14-17,21,27H,6-13H2,1H3,(H,32,36)(H,28,29,30). The molecule has 2 fully saturated rings. The molecule has 0 radical (unpaired) electrons. The van der Waals surface area contributed by atoms with Gasteiger partial charge in [-0.15, -0.1) is 0 Å². The number of aromatic amines is 1. The SMILES string of the molecule is CN1CCN(c2ccc(C(=O)Nc3c[nH]c4ncnc(-c5cnn(C6CCNCC6)c5)c34)cc2)CC1. The number of piperidine rings is 1. The quantitative estimate of drug-likeness (QED) is 0.399. The molecule has 4 aromatic rings. The maximum Gasteiger partial charge on any atom is 0.255 e. The zero-order valence-electron chi connectivity index (χ0n) is 20.4. The summed E-state index contributed by atoms with van der Waals surface area (Å²) in [6, 6.07) is 8.21. The highest BCUT2D eigenvalue weighted by atomic mass is 16.1. The second-order valence-corrected chi connectivity index (χ2v) is 9.63. The van der Waals surface area contributed by atoms with Gasteiger partial charge in [0.05, 0.1) is 29.0 Å². The summed E-state index contributed by atoms with van der Waals surface area (Å²) >= 11 is 0. The van der Waals surface area contributed by atoms with Crippen LogP contribution in [0.3, 0.4) is 0 Å². The Morgan fingerprint density at radius 1 is 1.06 bits per heavy atom. The first-order chi connectivity index (χ1) is 17.7. The van der Waals surface area contributed by atoms with Crippen molar-refractivity contribution >= 4 is 28.3 Å². The molecule has 0 atom stereocenters. The molecule has 0 spiro atoms. The van der Waals surface area contributed by atoms with E-state index in [0.717, 1.165) is 74.4 Å². The Bertz CT molecular complexity index is 1350. The fraction of sp³-hybridized carbons (Fsp3) is 0.385. The molecule has 2 aliphatic heterocycles. The second kappa shape index (κ2) is 9.71. The highest BCUT2D eigenvalue weighted by Gasteiger charge is 2.20. The van der Waals surface area contributed by atoms with Crippen LogP contribution in [0.15, 0.2) is 49.2 Å². The largest absolute Gasteiger partial charge is 0.369 e. The number of carbonyl (C=O) groups is 1. The highest BCUT2D eigenvalue weighted by molar-refractivity contribution is 6.11. The van der Waals surface area contributed by atoms with Crippen molar-refractivity contribution in [1.82, 2.24) is 34.9 Å². The molecule has 186 valence electrons. The fourth-order valence-electron chi connectivity index (χ4n) is 5.09. The lowest BCUT2D eigenvalue weighted by molar-refractivity contribution is 0.102. The predicted molar refractivity (Wildman–Crippen MR) is 140 cm³/mol. The summed E-state index contributed by atoms with van der Waals surface area (Å²) in [7, 11) is 2.15. The van der Waals surface area contributed by atoms with E-state index in [1.807, 2.05) is 41.3 Å². The molecule has 1 aromatic carbocycles. The van der Waals surface area contributed by atoms with Crippen LogP contribution in [-0.4, -0.2) is 81.9 Å². The van der Waals surface area contributed by atoms with E-state index in [1.165, 1.54) is 0 Å². The molecule has 5 heterocycles. The van der Waals surface area contributed by atoms with E-state index in [9.17, 15) is 4.79 Å². The van der Waals surface area contributed by atoms with E-state index < -0.39 is 0 Å². The van der Waals surface area contributed by atoms with Crippen molar-refractivity contribution in [3.63, 3.8) is 0 Å². The van der Waals surface area contributed by atoms with Crippen LogP contribution in [0, 0.1) is 0 Å². The topological polar surface area (TPSA) is 107 Å². The number of likely N-dealkylation sites (N-methyl/N-ethyl adjacent to an activating group) is 1. The Hall–Kier alpha value is -3.76. The first-order valence-corrected chi connectivity index (χ1v) is 12.6. The van der Waals surface area contributed by atoms with E-state index in [0.29, 0.717) is 22.9 Å². The summed E-state index contributed by atoms with van der Waals surface area (Å²) in [5, 5.41) is 11.9. The van der Waals surface area contributed by atoms with Gasteiger partial charge in [-0.2, -0.15) is 5.10 Å². The highest BCUT2D eigenvalue weighted by Crippen LogP contribution is 2.32. The number of carbonyl (C=O) groups excluding carboxylic acids is 1. The maximum absolute atomic E-state index is 13.1. The molecule has 36 heavy (non-hydrogen) atoms. The van der Waals surface area contributed by atoms with E-state index >= 15 is 0 Å². The van der Waals surface area contributed by atoms with Gasteiger partial charge in [0, 0.05) is 55.4 Å². The fourth-order valence-corrected chi connectivity index (χ4v) is 5.09. The molecular weight excluding hydrogens is 454 g/mol. The van der Waals surface area contributed by atoms with Crippen molar-refractivity contribution in [1.29, 1.82) is 0 Å². The minimum Gasteiger partial charge on any atom is -0.369 e. The maximum atomic E-state index is 13.1. The lowest BCUT2D eigenvalue weighted by atomic mass is 10.1. The van der Waals surface area contributed by atoms with Crippen LogP contribution in [0.5, 0.6) is 0 Å². The molecule has 0 bridgehead atoms. The lowest BCUT2D eigenvalue weighted by Gasteiger charge is -2.34. The predicted octanol–water partition coefficient (Wildman–Crippen LogP) is 2.75. The molecule has 10 nitrogen and oxygen atoms in total. The molecule has 3 aromatic heterocycles. The molecule has 1 amide bonds. The Morgan fingerprint density at radius 3 is 2.61 bits per heavy atom. The monoisotopic (exact) mass is 485 g/mol. The molecular formula is C26H31N9O. The van der Waals surface area contributed by atoms with E-state index in [1.54, 1.807) is 12.5 Å². The summed E-state index contributed by atoms with van der Waals surface area (Å²) in [5.41, 5.74) is 4.75. The molecule has 0 unspecified atom stereocenters. The number of benzene rings is 1. The van der Waals surface area contributed by atoms with E-state index in [-0.39, 0.29) is 5.91 Å². The molecule has 0 aliphatic carbocycles. The van der Waals surface area contributed by atoms with Gasteiger partial charge in [-0.3, -0.25) is 9.48 Å². The van der Waals surface area contributed by atoms with Gasteiger partial charge in [0.25, 0.3) is 5.91 Å². The van der Waals surface area contributed by atoms with E-state index in [4.69, 9.17) is 0 Å². The Morgan fingerprint density at radius 2 is 1.83 bits per heavy atom. The lowest BCUT2D eigenvalue weighted by Crippen LogP contribution is -2.44. The third kappa shape index (κ3) is 4.45. The number of amides is 1. The zero-order valence-corrected chi connectivity index (χ0v) is 20.4. The average Bonchev–Trinajstić information content (AvgIpc) is 3.58. The third-order valence-corrected chi connectivity index (χ3v) is 7.27. The first-order valence-electron chi connectivity index (χ1n) is 12.6. The van der Waals surface area contributed by atoms with Crippen LogP contribution in [0.2, 0.25) is 0 Å². The normalized spacial score (nSPS) is 17.5. The summed E-state index contributed by atoms with van der Waals surface area (Å²) < 4.78 is 2.04. The Kier molecular flexibility index (Phi) is 6.12. The number of hydrogen-bond acceptors (Lipinski definition) is 7. The van der Waals surface area contributed by atoms with Crippen LogP contribution in [0.1, 0.15) is 29.2 Å². The van der Waals surface area contributed by atoms with Crippen molar-refractivity contribution < 1.29 is 4.79 Å². The van der Waals surface area contributed by atoms with Gasteiger partial charge in [0.15, 0.2) is 0 Å². The van der Waals surface area contributed by atoms with Crippen LogP contribution < -0.4 is 15.5 Å². The van der Waals surface area contributed by atoms with E-state index in [2.05, 4.69) is 47.5 Å². The van der Waals surface area contributed by atoms with Gasteiger partial charge in [-0.1, -0.05) is 0 Å². The van der Waals surface area contributed by atoms with Gasteiger partial charge in [-0.05, 0) is 57.2 Å². The van der Waals surface area contributed by atoms with Crippen molar-refractivity contribution in [2.75, 3.05) is 56.5 Å². The summed E-state index contributed by atoms with van der Waals surface area (Å²) in [5.74, 6) is -0.166. The average molecular weight is 486 g/mol. The number of H-pyrrole nitrogens is 1. The minimum atomic E-state index is -0.166. The third-order valence-electron chi connectivity index (χ3n) is 7.27. The number of piperazine rings is 1. The van der Waals surface area contributed by atoms with Crippen molar-refractivity contribution in [3.8, 4) is 11.3 Å². The summed E-state index contributed by atoms with van der Waals surface area (Å²) in [4.78, 5) is 29.9. The van der Waals surface area contributed by atoms with Crippen LogP contribution in [0.25, 0.3) is 22.3 Å². The summed E-state index contributed by atoms with van der Waals surface area (Å²) in [6.07, 6.45) is 9.32. The number of anilines is 2. The van der Waals surface area contributed by atoms with Crippen molar-refractivity contribution in [2.45, 2.75) is 18.9 Å². The van der Waals surface area contributed by atoms with Gasteiger partial charge < -0.3 is 25.4 Å². The first kappa shape index (κ1) is 22.7. The van der Waals surface area contributed by atoms with Crippen LogP contribution >= 0.6 is 0 Å². The zero-order chi connectivity index (χ0) is 24.5. The summed E-state index contributed by atoms with van der Waals surface area (Å²) in [6.45, 7) is 6.08. The van der Waals surface area contributed by atoms with Gasteiger partial charge in [-0.25, -0.2) is 9.97 Å². The molecule has 10 heteroatoms. The molecule has 6 rings (SSSR count). The van der Waals surface area contributed by atoms with Crippen LogP contribution in [0.4, 0.5) is 11.4 Å². The van der Waals surface area contributed by atoms with Crippen molar-refractivity contribution in [2.24, 2.45) is 0 Å². The number of nitrogens with one attached hydrogen (secondary N) is 3. The number of fused-ring (bicyclic) bond motifs is 1.